The number of nitrogens with two attached hydrogens (primary N) is 1. The first kappa shape index (κ1) is 34.4. The number of rotatable bonds is 8. The lowest BCUT2D eigenvalue weighted by molar-refractivity contribution is -0.128. The van der Waals surface area contributed by atoms with Gasteiger partial charge in [0.1, 0.15) is 23.0 Å². The molecule has 2 aromatic rings. The van der Waals surface area contributed by atoms with Crippen LogP contribution in [0.3, 0.4) is 0 Å². The average molecular weight is 660 g/mol. The fourth-order valence-corrected chi connectivity index (χ4v) is 8.07. The SMILES string of the molecule is Cc1c(C)c(S(=O)(=O)NC(N)=NCCC[C@@H](NC(=O)OC(C)(C)C)C(=O)N2Cc3ccccc3S2)c(C)c2c1OC(C)(C)CC2. The predicted molar refractivity (Wildman–Crippen MR) is 176 cm³/mol. The van der Waals surface area contributed by atoms with Crippen molar-refractivity contribution in [2.75, 3.05) is 6.54 Å². The normalized spacial score (nSPS) is 16.7. The molecule has 2 aromatic carbocycles. The minimum absolute atomic E-state index is 0.131. The van der Waals surface area contributed by atoms with Crippen LogP contribution in [-0.4, -0.2) is 54.5 Å². The molecule has 0 radical (unpaired) electrons. The summed E-state index contributed by atoms with van der Waals surface area (Å²) in [5, 5.41) is 2.71. The van der Waals surface area contributed by atoms with E-state index in [1.165, 1.54) is 11.9 Å². The van der Waals surface area contributed by atoms with Gasteiger partial charge in [-0.3, -0.25) is 14.1 Å². The third-order valence-electron chi connectivity index (χ3n) is 7.84. The molecule has 13 heteroatoms. The van der Waals surface area contributed by atoms with E-state index >= 15 is 0 Å². The van der Waals surface area contributed by atoms with Crippen LogP contribution in [0.2, 0.25) is 0 Å². The van der Waals surface area contributed by atoms with Gasteiger partial charge in [0.15, 0.2) is 0 Å². The zero-order valence-electron chi connectivity index (χ0n) is 27.4. The largest absolute Gasteiger partial charge is 0.487 e. The summed E-state index contributed by atoms with van der Waals surface area (Å²) in [6.45, 7) is 15.3. The van der Waals surface area contributed by atoms with E-state index in [0.29, 0.717) is 30.5 Å². The van der Waals surface area contributed by atoms with E-state index in [-0.39, 0.29) is 35.3 Å². The molecule has 0 spiro atoms. The molecule has 0 aromatic heterocycles. The van der Waals surface area contributed by atoms with E-state index in [1.54, 1.807) is 38.9 Å². The molecule has 0 saturated carbocycles. The molecule has 0 aliphatic carbocycles. The molecular formula is C32H45N5O6S2. The van der Waals surface area contributed by atoms with Crippen LogP contribution in [-0.2, 0) is 32.5 Å². The van der Waals surface area contributed by atoms with Gasteiger partial charge in [0.05, 0.1) is 11.4 Å². The van der Waals surface area contributed by atoms with Crippen LogP contribution in [0.25, 0.3) is 0 Å². The summed E-state index contributed by atoms with van der Waals surface area (Å²) in [6, 6.07) is 6.88. The summed E-state index contributed by atoms with van der Waals surface area (Å²) in [4.78, 5) is 31.5. The van der Waals surface area contributed by atoms with Gasteiger partial charge in [-0.15, -0.1) is 0 Å². The zero-order chi connectivity index (χ0) is 33.3. The molecular weight excluding hydrogens is 615 g/mol. The van der Waals surface area contributed by atoms with E-state index in [1.807, 2.05) is 45.0 Å². The Balaban J connectivity index is 1.43. The van der Waals surface area contributed by atoms with Gasteiger partial charge in [-0.25, -0.2) is 17.9 Å². The summed E-state index contributed by atoms with van der Waals surface area (Å²) in [6.07, 6.45) is 1.38. The second kappa shape index (κ2) is 13.1. The van der Waals surface area contributed by atoms with E-state index in [4.69, 9.17) is 15.2 Å². The molecule has 1 atom stereocenters. The fourth-order valence-electron chi connectivity index (χ4n) is 5.50. The number of fused-ring (bicyclic) bond motifs is 2. The van der Waals surface area contributed by atoms with Crippen LogP contribution in [0, 0.1) is 20.8 Å². The number of hydrogen-bond donors (Lipinski definition) is 3. The van der Waals surface area contributed by atoms with Crippen LogP contribution in [0.4, 0.5) is 4.79 Å². The molecule has 4 rings (SSSR count). The highest BCUT2D eigenvalue weighted by atomic mass is 32.2. The van der Waals surface area contributed by atoms with Gasteiger partial charge >= 0.3 is 6.09 Å². The lowest BCUT2D eigenvalue weighted by atomic mass is 9.88. The number of ether oxygens (including phenoxy) is 2. The summed E-state index contributed by atoms with van der Waals surface area (Å²) >= 11 is 1.33. The second-order valence-corrected chi connectivity index (χ2v) is 15.8. The lowest BCUT2D eigenvalue weighted by Gasteiger charge is -2.35. The standard InChI is InChI=1S/C32H45N5O6S2/c1-19-20(2)27(21(3)23-15-16-32(7,8)42-26(19)23)45(40,41)36-29(33)34-17-11-13-24(35-30(39)43-31(4,5)6)28(38)37-18-22-12-9-10-14-25(22)44-37/h9-10,12,14,24H,11,13,15-18H2,1-8H3,(H,35,39)(H3,33,34,36)/t24-/m1/s1. The Morgan fingerprint density at radius 2 is 1.84 bits per heavy atom. The van der Waals surface area contributed by atoms with Gasteiger partial charge in [0, 0.05) is 11.4 Å². The summed E-state index contributed by atoms with van der Waals surface area (Å²) in [5.41, 5.74) is 8.94. The average Bonchev–Trinajstić information content (AvgIpc) is 3.35. The van der Waals surface area contributed by atoms with Crippen LogP contribution >= 0.6 is 11.9 Å². The molecule has 0 saturated heterocycles. The van der Waals surface area contributed by atoms with Crippen molar-refractivity contribution in [3.63, 3.8) is 0 Å². The molecule has 246 valence electrons. The maximum Gasteiger partial charge on any atom is 0.408 e. The van der Waals surface area contributed by atoms with Gasteiger partial charge in [-0.1, -0.05) is 18.2 Å². The van der Waals surface area contributed by atoms with E-state index < -0.39 is 27.8 Å². The van der Waals surface area contributed by atoms with Gasteiger partial charge in [0.25, 0.3) is 15.9 Å². The van der Waals surface area contributed by atoms with Crippen molar-refractivity contribution in [2.45, 2.75) is 115 Å². The minimum Gasteiger partial charge on any atom is -0.487 e. The second-order valence-electron chi connectivity index (χ2n) is 13.2. The summed E-state index contributed by atoms with van der Waals surface area (Å²) in [7, 11) is -4.04. The molecule has 0 unspecified atom stereocenters. The number of guanidine groups is 1. The quantitative estimate of drug-likeness (QED) is 0.154. The van der Waals surface area contributed by atoms with Gasteiger partial charge < -0.3 is 20.5 Å². The monoisotopic (exact) mass is 659 g/mol. The number of hydrogen-bond acceptors (Lipinski definition) is 8. The first-order valence-corrected chi connectivity index (χ1v) is 17.4. The molecule has 2 heterocycles. The number of nitrogens with zero attached hydrogens (tertiary/aromatic N) is 2. The Morgan fingerprint density at radius 1 is 1.16 bits per heavy atom. The van der Waals surface area contributed by atoms with Crippen LogP contribution in [0.15, 0.2) is 39.0 Å². The summed E-state index contributed by atoms with van der Waals surface area (Å²) in [5.74, 6) is 0.234. The predicted octanol–water partition coefficient (Wildman–Crippen LogP) is 5.03. The third-order valence-corrected chi connectivity index (χ3v) is 10.6. The van der Waals surface area contributed by atoms with Crippen molar-refractivity contribution < 1.29 is 27.5 Å². The van der Waals surface area contributed by atoms with E-state index in [0.717, 1.165) is 33.8 Å². The molecule has 45 heavy (non-hydrogen) atoms. The molecule has 11 nitrogen and oxygen atoms in total. The Hall–Kier alpha value is -3.45. The highest BCUT2D eigenvalue weighted by molar-refractivity contribution is 7.97. The number of alkyl carbamates (subject to hydrolysis) is 1. The van der Waals surface area contributed by atoms with Crippen molar-refractivity contribution in [1.29, 1.82) is 0 Å². The fraction of sp³-hybridized carbons (Fsp3) is 0.531. The Morgan fingerprint density at radius 3 is 2.51 bits per heavy atom. The van der Waals surface area contributed by atoms with Crippen LogP contribution in [0.5, 0.6) is 5.75 Å². The molecule has 0 fully saturated rings. The van der Waals surface area contributed by atoms with E-state index in [9.17, 15) is 18.0 Å². The number of benzene rings is 2. The van der Waals surface area contributed by atoms with Crippen molar-refractivity contribution in [1.82, 2.24) is 14.3 Å². The molecule has 2 aliphatic heterocycles. The number of carbonyl (C=O) groups is 2. The Kier molecular flexibility index (Phi) is 10.0. The number of aliphatic imine (C=N–C) groups is 1. The number of nitrogens with one attached hydrogen (secondary N) is 2. The van der Waals surface area contributed by atoms with Gasteiger partial charge in [0.2, 0.25) is 5.96 Å². The molecule has 4 N–H and O–H groups in total. The summed E-state index contributed by atoms with van der Waals surface area (Å²) < 4.78 is 42.7. The Bertz CT molecular complexity index is 1590. The maximum absolute atomic E-state index is 13.5. The first-order valence-electron chi connectivity index (χ1n) is 15.1. The number of amides is 2. The topological polar surface area (TPSA) is 152 Å². The van der Waals surface area contributed by atoms with Crippen LogP contribution < -0.4 is 20.5 Å². The van der Waals surface area contributed by atoms with E-state index in [2.05, 4.69) is 15.0 Å². The molecule has 0 bridgehead atoms. The van der Waals surface area contributed by atoms with Gasteiger partial charge in [-0.2, -0.15) is 0 Å². The smallest absolute Gasteiger partial charge is 0.408 e. The third kappa shape index (κ3) is 8.23. The zero-order valence-corrected chi connectivity index (χ0v) is 29.0. The Labute approximate surface area is 270 Å². The first-order chi connectivity index (χ1) is 20.9. The highest BCUT2D eigenvalue weighted by Crippen LogP contribution is 2.42. The number of carbonyl (C=O) groups excluding carboxylic acids is 2. The van der Waals surface area contributed by atoms with Crippen molar-refractivity contribution in [2.24, 2.45) is 10.7 Å². The van der Waals surface area contributed by atoms with Crippen molar-refractivity contribution in [3.05, 3.63) is 52.1 Å². The molecule has 2 aliphatic rings. The molecule has 2 amide bonds. The number of sulfonamides is 1. The lowest BCUT2D eigenvalue weighted by Crippen LogP contribution is -2.47. The maximum atomic E-state index is 13.5. The van der Waals surface area contributed by atoms with Crippen LogP contribution in [0.1, 0.15) is 81.7 Å². The van der Waals surface area contributed by atoms with Gasteiger partial charge in [-0.05, 0) is 127 Å². The van der Waals surface area contributed by atoms with Crippen molar-refractivity contribution in [3.8, 4) is 5.75 Å². The minimum atomic E-state index is -4.04. The van der Waals surface area contributed by atoms with Crippen molar-refractivity contribution >= 4 is 39.9 Å². The highest BCUT2D eigenvalue weighted by Gasteiger charge is 2.34.